The quantitative estimate of drug-likeness (QED) is 0.736. The van der Waals surface area contributed by atoms with Crippen LogP contribution in [0.25, 0.3) is 0 Å². The minimum Gasteiger partial charge on any atom is -0.348 e. The molecule has 0 spiro atoms. The molecule has 1 fully saturated rings. The van der Waals surface area contributed by atoms with Gasteiger partial charge in [-0.05, 0) is 68.6 Å². The maximum absolute atomic E-state index is 12.8. The van der Waals surface area contributed by atoms with Gasteiger partial charge in [-0.25, -0.2) is 8.42 Å². The number of benzene rings is 2. The van der Waals surface area contributed by atoms with Crippen LogP contribution < -0.4 is 15.4 Å². The van der Waals surface area contributed by atoms with Gasteiger partial charge in [-0.2, -0.15) is 0 Å². The average Bonchev–Trinajstić information content (AvgIpc) is 2.64. The van der Waals surface area contributed by atoms with E-state index < -0.39 is 10.0 Å². The molecule has 0 bridgehead atoms. The molecule has 6 nitrogen and oxygen atoms in total. The van der Waals surface area contributed by atoms with Gasteiger partial charge < -0.3 is 10.6 Å². The van der Waals surface area contributed by atoms with Crippen molar-refractivity contribution < 1.29 is 13.2 Å². The molecule has 7 heteroatoms. The first-order valence-electron chi connectivity index (χ1n) is 9.07. The monoisotopic (exact) mass is 387 g/mol. The summed E-state index contributed by atoms with van der Waals surface area (Å²) in [5.41, 5.74) is 2.34. The summed E-state index contributed by atoms with van der Waals surface area (Å²) in [6.45, 7) is 5.34. The first-order valence-corrected chi connectivity index (χ1v) is 10.6. The topological polar surface area (TPSA) is 87.3 Å². The fourth-order valence-electron chi connectivity index (χ4n) is 3.17. The number of aryl methyl sites for hydroxylation is 2. The fraction of sp³-hybridized carbons (Fsp3) is 0.350. The minimum atomic E-state index is -3.73. The van der Waals surface area contributed by atoms with E-state index in [0.29, 0.717) is 16.8 Å². The Morgan fingerprint density at radius 3 is 2.70 bits per heavy atom. The van der Waals surface area contributed by atoms with Crippen molar-refractivity contribution in [2.24, 2.45) is 0 Å². The van der Waals surface area contributed by atoms with Crippen LogP contribution in [0.2, 0.25) is 0 Å². The molecule has 1 unspecified atom stereocenters. The first kappa shape index (κ1) is 19.4. The van der Waals surface area contributed by atoms with E-state index in [1.807, 2.05) is 13.0 Å². The Bertz CT molecular complexity index is 935. The Balaban J connectivity index is 1.77. The Hall–Kier alpha value is -2.38. The summed E-state index contributed by atoms with van der Waals surface area (Å²) < 4.78 is 28.1. The number of hydrogen-bond donors (Lipinski definition) is 3. The molecule has 27 heavy (non-hydrogen) atoms. The van der Waals surface area contributed by atoms with Crippen molar-refractivity contribution >= 4 is 21.6 Å². The van der Waals surface area contributed by atoms with E-state index in [9.17, 15) is 13.2 Å². The second-order valence-corrected chi connectivity index (χ2v) is 8.62. The lowest BCUT2D eigenvalue weighted by Gasteiger charge is -2.23. The second-order valence-electron chi connectivity index (χ2n) is 6.97. The predicted molar refractivity (Wildman–Crippen MR) is 107 cm³/mol. The van der Waals surface area contributed by atoms with E-state index in [0.717, 1.165) is 31.5 Å². The highest BCUT2D eigenvalue weighted by molar-refractivity contribution is 7.92. The van der Waals surface area contributed by atoms with Gasteiger partial charge in [0.2, 0.25) is 0 Å². The Labute approximate surface area is 160 Å². The van der Waals surface area contributed by atoms with Gasteiger partial charge in [-0.1, -0.05) is 18.2 Å². The number of carbonyl (C=O) groups is 1. The Morgan fingerprint density at radius 1 is 1.15 bits per heavy atom. The normalized spacial score (nSPS) is 17.3. The zero-order valence-corrected chi connectivity index (χ0v) is 16.4. The van der Waals surface area contributed by atoms with Gasteiger partial charge in [0, 0.05) is 23.8 Å². The molecule has 1 heterocycles. The summed E-state index contributed by atoms with van der Waals surface area (Å²) in [6, 6.07) is 12.0. The van der Waals surface area contributed by atoms with Crippen molar-refractivity contribution in [1.29, 1.82) is 0 Å². The molecule has 1 saturated heterocycles. The van der Waals surface area contributed by atoms with Crippen LogP contribution in [-0.2, 0) is 10.0 Å². The number of sulfonamides is 1. The number of rotatable bonds is 5. The molecule has 3 rings (SSSR count). The van der Waals surface area contributed by atoms with Crippen LogP contribution in [0.1, 0.15) is 34.3 Å². The summed E-state index contributed by atoms with van der Waals surface area (Å²) in [5.74, 6) is -0.198. The van der Waals surface area contributed by atoms with Crippen LogP contribution in [0.15, 0.2) is 47.4 Å². The van der Waals surface area contributed by atoms with Crippen molar-refractivity contribution in [2.45, 2.75) is 37.6 Å². The third kappa shape index (κ3) is 4.87. The number of anilines is 1. The van der Waals surface area contributed by atoms with Crippen LogP contribution in [0.5, 0.6) is 0 Å². The molecule has 2 aromatic carbocycles. The summed E-state index contributed by atoms with van der Waals surface area (Å²) >= 11 is 0. The van der Waals surface area contributed by atoms with Gasteiger partial charge in [0.05, 0.1) is 4.90 Å². The molecule has 0 saturated carbocycles. The van der Waals surface area contributed by atoms with Gasteiger partial charge in [0.15, 0.2) is 0 Å². The van der Waals surface area contributed by atoms with Crippen molar-refractivity contribution in [1.82, 2.24) is 10.6 Å². The molecule has 2 aromatic rings. The molecule has 1 atom stereocenters. The van der Waals surface area contributed by atoms with E-state index in [1.165, 1.54) is 0 Å². The zero-order chi connectivity index (χ0) is 19.4. The lowest BCUT2D eigenvalue weighted by atomic mass is 10.1. The van der Waals surface area contributed by atoms with Gasteiger partial charge >= 0.3 is 0 Å². The lowest BCUT2D eigenvalue weighted by molar-refractivity contribution is 0.0930. The van der Waals surface area contributed by atoms with E-state index in [2.05, 4.69) is 15.4 Å². The van der Waals surface area contributed by atoms with Crippen LogP contribution in [0, 0.1) is 13.8 Å². The summed E-state index contributed by atoms with van der Waals surface area (Å²) in [5, 5.41) is 6.25. The number of carbonyl (C=O) groups excluding carboxylic acids is 1. The number of amides is 1. The Kier molecular flexibility index (Phi) is 5.82. The van der Waals surface area contributed by atoms with Crippen LogP contribution in [-0.4, -0.2) is 33.5 Å². The van der Waals surface area contributed by atoms with Crippen molar-refractivity contribution in [3.05, 3.63) is 59.2 Å². The molecule has 0 aromatic heterocycles. The van der Waals surface area contributed by atoms with E-state index in [-0.39, 0.29) is 16.8 Å². The molecular formula is C20H25N3O3S. The largest absolute Gasteiger partial charge is 0.348 e. The van der Waals surface area contributed by atoms with Crippen LogP contribution in [0.4, 0.5) is 5.69 Å². The molecule has 1 amide bonds. The molecule has 1 aliphatic heterocycles. The highest BCUT2D eigenvalue weighted by Crippen LogP contribution is 2.21. The van der Waals surface area contributed by atoms with Crippen molar-refractivity contribution in [2.75, 3.05) is 17.8 Å². The maximum Gasteiger partial charge on any atom is 0.262 e. The zero-order valence-electron chi connectivity index (χ0n) is 15.6. The molecule has 3 N–H and O–H groups in total. The third-order valence-corrected chi connectivity index (χ3v) is 6.17. The summed E-state index contributed by atoms with van der Waals surface area (Å²) in [7, 11) is -3.73. The number of hydrogen-bond acceptors (Lipinski definition) is 4. The number of piperidine rings is 1. The predicted octanol–water partition coefficient (Wildman–Crippen LogP) is 2.59. The summed E-state index contributed by atoms with van der Waals surface area (Å²) in [4.78, 5) is 12.7. The molecule has 144 valence electrons. The van der Waals surface area contributed by atoms with Gasteiger partial charge in [-0.15, -0.1) is 0 Å². The summed E-state index contributed by atoms with van der Waals surface area (Å²) in [6.07, 6.45) is 1.97. The van der Waals surface area contributed by atoms with Gasteiger partial charge in [-0.3, -0.25) is 9.52 Å². The lowest BCUT2D eigenvalue weighted by Crippen LogP contribution is -2.45. The second kappa shape index (κ2) is 8.10. The van der Waals surface area contributed by atoms with Crippen molar-refractivity contribution in [3.8, 4) is 0 Å². The van der Waals surface area contributed by atoms with Crippen molar-refractivity contribution in [3.63, 3.8) is 0 Å². The fourth-order valence-corrected chi connectivity index (χ4v) is 4.55. The smallest absolute Gasteiger partial charge is 0.262 e. The molecule has 0 aliphatic carbocycles. The van der Waals surface area contributed by atoms with Gasteiger partial charge in [0.1, 0.15) is 0 Å². The van der Waals surface area contributed by atoms with Crippen LogP contribution >= 0.6 is 0 Å². The average molecular weight is 388 g/mol. The molecule has 0 radical (unpaired) electrons. The highest BCUT2D eigenvalue weighted by atomic mass is 32.2. The van der Waals surface area contributed by atoms with E-state index in [4.69, 9.17) is 0 Å². The number of nitrogens with one attached hydrogen (secondary N) is 3. The van der Waals surface area contributed by atoms with E-state index >= 15 is 0 Å². The Morgan fingerprint density at radius 2 is 1.96 bits per heavy atom. The SMILES string of the molecule is Cc1ccc(C)c(S(=O)(=O)Nc2cccc(C(=O)NC3CCCNC3)c2)c1. The highest BCUT2D eigenvalue weighted by Gasteiger charge is 2.19. The molecular weight excluding hydrogens is 362 g/mol. The standard InChI is InChI=1S/C20H25N3O3S/c1-14-8-9-15(2)19(11-14)27(25,26)23-17-6-3-5-16(12-17)20(24)22-18-7-4-10-21-13-18/h3,5-6,8-9,11-12,18,21,23H,4,7,10,13H2,1-2H3,(H,22,24). The maximum atomic E-state index is 12.8. The van der Waals surface area contributed by atoms with E-state index in [1.54, 1.807) is 43.3 Å². The minimum absolute atomic E-state index is 0.0986. The third-order valence-electron chi connectivity index (χ3n) is 4.64. The van der Waals surface area contributed by atoms with Crippen LogP contribution in [0.3, 0.4) is 0 Å². The molecule has 1 aliphatic rings. The van der Waals surface area contributed by atoms with Gasteiger partial charge in [0.25, 0.3) is 15.9 Å². The first-order chi connectivity index (χ1) is 12.8.